The fraction of sp³-hybridized carbons (Fsp3) is 0. The topological polar surface area (TPSA) is 62.5 Å². The van der Waals surface area contributed by atoms with Crippen LogP contribution in [0.3, 0.4) is 0 Å². The molecule has 7 aromatic rings. The summed E-state index contributed by atoms with van der Waals surface area (Å²) in [6, 6.07) is 42.5. The molecule has 0 saturated carbocycles. The molecule has 0 aliphatic carbocycles. The fourth-order valence-corrected chi connectivity index (χ4v) is 5.14. The summed E-state index contributed by atoms with van der Waals surface area (Å²) in [5, 5.41) is 12.8. The lowest BCUT2D eigenvalue weighted by molar-refractivity contribution is 1.30. The average Bonchev–Trinajstić information content (AvgIpc) is 3.00. The van der Waals surface area contributed by atoms with Crippen molar-refractivity contribution in [3.8, 4) is 39.8 Å². The van der Waals surface area contributed by atoms with E-state index in [4.69, 9.17) is 15.0 Å². The van der Waals surface area contributed by atoms with Crippen molar-refractivity contribution in [3.63, 3.8) is 0 Å². The summed E-state index contributed by atoms with van der Waals surface area (Å²) in [5.41, 5.74) is 8.35. The van der Waals surface area contributed by atoms with E-state index in [-0.39, 0.29) is 0 Å². The molecule has 176 valence electrons. The van der Waals surface area contributed by atoms with Crippen molar-refractivity contribution < 1.29 is 0 Å². The molecule has 0 atom stereocenters. The smallest absolute Gasteiger partial charge is 0.0998 e. The molecule has 0 radical (unpaired) electrons. The number of hydrogen-bond donors (Lipinski definition) is 0. The van der Waals surface area contributed by atoms with E-state index in [0.29, 0.717) is 5.56 Å². The van der Waals surface area contributed by atoms with Gasteiger partial charge in [-0.1, -0.05) is 97.1 Å². The van der Waals surface area contributed by atoms with Crippen LogP contribution in [0.5, 0.6) is 0 Å². The van der Waals surface area contributed by atoms with E-state index in [1.165, 1.54) is 0 Å². The van der Waals surface area contributed by atoms with Gasteiger partial charge in [0.15, 0.2) is 0 Å². The van der Waals surface area contributed by atoms with Gasteiger partial charge in [-0.2, -0.15) is 5.26 Å². The van der Waals surface area contributed by atoms with Crippen LogP contribution in [-0.2, 0) is 0 Å². The first-order valence-corrected chi connectivity index (χ1v) is 12.5. The van der Waals surface area contributed by atoms with Crippen molar-refractivity contribution in [1.29, 1.82) is 5.26 Å². The molecule has 0 unspecified atom stereocenters. The molecule has 0 N–H and O–H groups in total. The largest absolute Gasteiger partial charge is 0.247 e. The first kappa shape index (κ1) is 21.8. The summed E-state index contributed by atoms with van der Waals surface area (Å²) in [7, 11) is 0. The van der Waals surface area contributed by atoms with Crippen molar-refractivity contribution >= 4 is 32.7 Å². The maximum absolute atomic E-state index is 9.84. The summed E-state index contributed by atoms with van der Waals surface area (Å²) >= 11 is 0. The van der Waals surface area contributed by atoms with Gasteiger partial charge in [0.2, 0.25) is 0 Å². The van der Waals surface area contributed by atoms with Crippen LogP contribution >= 0.6 is 0 Å². The Morgan fingerprint density at radius 1 is 0.474 bits per heavy atom. The molecule has 4 heteroatoms. The Labute approximate surface area is 219 Å². The van der Waals surface area contributed by atoms with Crippen LogP contribution < -0.4 is 0 Å². The molecule has 0 saturated heterocycles. The minimum absolute atomic E-state index is 0.590. The summed E-state index contributed by atoms with van der Waals surface area (Å²) in [6.45, 7) is 0. The van der Waals surface area contributed by atoms with Crippen LogP contribution in [0.25, 0.3) is 66.5 Å². The highest BCUT2D eigenvalue weighted by molar-refractivity contribution is 6.21. The molecule has 5 aromatic carbocycles. The molecule has 2 heterocycles. The number of aromatic nitrogens is 3. The van der Waals surface area contributed by atoms with E-state index in [0.717, 1.165) is 66.5 Å². The Morgan fingerprint density at radius 3 is 1.82 bits per heavy atom. The Hall–Kier alpha value is -5.40. The van der Waals surface area contributed by atoms with Gasteiger partial charge in [0.25, 0.3) is 0 Å². The lowest BCUT2D eigenvalue weighted by atomic mass is 9.96. The minimum Gasteiger partial charge on any atom is -0.247 e. The van der Waals surface area contributed by atoms with Gasteiger partial charge in [0.05, 0.1) is 45.3 Å². The van der Waals surface area contributed by atoms with E-state index >= 15 is 0 Å². The highest BCUT2D eigenvalue weighted by atomic mass is 14.8. The molecule has 7 rings (SSSR count). The molecule has 0 aliphatic rings. The van der Waals surface area contributed by atoms with Gasteiger partial charge in [-0.15, -0.1) is 0 Å². The van der Waals surface area contributed by atoms with Gasteiger partial charge in [-0.25, -0.2) is 15.0 Å². The van der Waals surface area contributed by atoms with Gasteiger partial charge < -0.3 is 0 Å². The molecule has 0 aliphatic heterocycles. The van der Waals surface area contributed by atoms with Crippen LogP contribution in [0.2, 0.25) is 0 Å². The highest BCUT2D eigenvalue weighted by Gasteiger charge is 2.19. The van der Waals surface area contributed by atoms with Crippen molar-refractivity contribution in [3.05, 3.63) is 127 Å². The third kappa shape index (κ3) is 3.49. The molecule has 0 amide bonds. The maximum Gasteiger partial charge on any atom is 0.0998 e. The van der Waals surface area contributed by atoms with Crippen molar-refractivity contribution in [2.75, 3.05) is 0 Å². The van der Waals surface area contributed by atoms with Crippen LogP contribution in [0.15, 0.2) is 121 Å². The summed E-state index contributed by atoms with van der Waals surface area (Å²) < 4.78 is 0. The van der Waals surface area contributed by atoms with Crippen LogP contribution in [0.4, 0.5) is 0 Å². The van der Waals surface area contributed by atoms with Gasteiger partial charge in [0.1, 0.15) is 0 Å². The standard InChI is InChI=1S/C34H20N4/c35-21-24-15-7-8-16-25(24)33-27-19-20-29-34(30(27)26-17-9-10-18-28(26)36-33)38-32(23-13-5-2-6-14-23)31(37-29)22-11-3-1-4-12-22/h1-20H. The van der Waals surface area contributed by atoms with Gasteiger partial charge >= 0.3 is 0 Å². The third-order valence-electron chi connectivity index (χ3n) is 6.89. The molecular weight excluding hydrogens is 464 g/mol. The zero-order valence-electron chi connectivity index (χ0n) is 20.3. The van der Waals surface area contributed by atoms with Gasteiger partial charge in [-0.05, 0) is 24.3 Å². The zero-order valence-corrected chi connectivity index (χ0v) is 20.3. The van der Waals surface area contributed by atoms with E-state index < -0.39 is 0 Å². The van der Waals surface area contributed by atoms with E-state index in [9.17, 15) is 5.26 Å². The van der Waals surface area contributed by atoms with Crippen LogP contribution in [0, 0.1) is 11.3 Å². The Morgan fingerprint density at radius 2 is 1.08 bits per heavy atom. The first-order chi connectivity index (χ1) is 18.8. The van der Waals surface area contributed by atoms with Crippen LogP contribution in [0.1, 0.15) is 5.56 Å². The van der Waals surface area contributed by atoms with E-state index in [2.05, 4.69) is 42.5 Å². The lowest BCUT2D eigenvalue weighted by Crippen LogP contribution is -1.98. The molecule has 0 spiro atoms. The summed E-state index contributed by atoms with van der Waals surface area (Å²) in [5.74, 6) is 0. The SMILES string of the molecule is N#Cc1ccccc1-c1nc2ccccc2c2c1ccc1nc(-c3ccccc3)c(-c3ccccc3)nc12. The monoisotopic (exact) mass is 484 g/mol. The zero-order chi connectivity index (χ0) is 25.5. The number of benzene rings is 5. The summed E-state index contributed by atoms with van der Waals surface area (Å²) in [4.78, 5) is 15.5. The van der Waals surface area contributed by atoms with Crippen molar-refractivity contribution in [2.45, 2.75) is 0 Å². The van der Waals surface area contributed by atoms with Crippen molar-refractivity contribution in [2.24, 2.45) is 0 Å². The molecule has 0 fully saturated rings. The number of pyridine rings is 1. The predicted octanol–water partition coefficient (Wildman–Crippen LogP) is 8.20. The molecule has 0 bridgehead atoms. The number of para-hydroxylation sites is 1. The number of rotatable bonds is 3. The van der Waals surface area contributed by atoms with E-state index in [1.807, 2.05) is 84.9 Å². The predicted molar refractivity (Wildman–Crippen MR) is 153 cm³/mol. The molecule has 38 heavy (non-hydrogen) atoms. The quantitative estimate of drug-likeness (QED) is 0.237. The fourth-order valence-electron chi connectivity index (χ4n) is 5.14. The number of nitrogens with zero attached hydrogens (tertiary/aromatic N) is 4. The Bertz CT molecular complexity index is 2020. The third-order valence-corrected chi connectivity index (χ3v) is 6.89. The second kappa shape index (κ2) is 8.92. The van der Waals surface area contributed by atoms with Gasteiger partial charge in [-0.3, -0.25) is 0 Å². The number of hydrogen-bond acceptors (Lipinski definition) is 4. The summed E-state index contributed by atoms with van der Waals surface area (Å²) in [6.07, 6.45) is 0. The second-order valence-electron chi connectivity index (χ2n) is 9.14. The number of nitriles is 1. The average molecular weight is 485 g/mol. The normalized spacial score (nSPS) is 11.1. The van der Waals surface area contributed by atoms with E-state index in [1.54, 1.807) is 0 Å². The molecular formula is C34H20N4. The first-order valence-electron chi connectivity index (χ1n) is 12.5. The molecule has 2 aromatic heterocycles. The highest BCUT2D eigenvalue weighted by Crippen LogP contribution is 2.39. The second-order valence-corrected chi connectivity index (χ2v) is 9.14. The van der Waals surface area contributed by atoms with Crippen LogP contribution in [-0.4, -0.2) is 15.0 Å². The molecule has 4 nitrogen and oxygen atoms in total. The van der Waals surface area contributed by atoms with Gasteiger partial charge in [0, 0.05) is 32.8 Å². The number of fused-ring (bicyclic) bond motifs is 5. The lowest BCUT2D eigenvalue weighted by Gasteiger charge is -2.15. The Balaban J connectivity index is 1.65. The van der Waals surface area contributed by atoms with Crippen molar-refractivity contribution in [1.82, 2.24) is 15.0 Å². The maximum atomic E-state index is 9.84. The Kier molecular flexibility index (Phi) is 5.13. The minimum atomic E-state index is 0.590.